The molecule has 1 aliphatic rings. The van der Waals surface area contributed by atoms with Gasteiger partial charge >= 0.3 is 12.1 Å². The Morgan fingerprint density at radius 1 is 1.00 bits per heavy atom. The lowest BCUT2D eigenvalue weighted by molar-refractivity contribution is -0.138. The molecule has 3 rings (SSSR count). The number of hydrogen-bond donors (Lipinski definition) is 3. The van der Waals surface area contributed by atoms with Crippen molar-refractivity contribution in [2.45, 2.75) is 52.0 Å². The maximum absolute atomic E-state index is 12.8. The molecule has 0 saturated heterocycles. The molecule has 7 nitrogen and oxygen atoms in total. The van der Waals surface area contributed by atoms with Crippen LogP contribution in [0.1, 0.15) is 57.1 Å². The van der Waals surface area contributed by atoms with Gasteiger partial charge in [0.1, 0.15) is 6.61 Å². The van der Waals surface area contributed by atoms with Gasteiger partial charge in [0.05, 0.1) is 12.3 Å². The van der Waals surface area contributed by atoms with Crippen molar-refractivity contribution in [3.05, 3.63) is 59.7 Å². The zero-order chi connectivity index (χ0) is 24.7. The summed E-state index contributed by atoms with van der Waals surface area (Å²) in [5.41, 5.74) is 4.59. The van der Waals surface area contributed by atoms with Crippen LogP contribution in [0.25, 0.3) is 11.1 Å². The van der Waals surface area contributed by atoms with E-state index in [9.17, 15) is 14.4 Å². The molecule has 0 aliphatic heterocycles. The molecule has 2 aromatic carbocycles. The molecule has 0 fully saturated rings. The summed E-state index contributed by atoms with van der Waals surface area (Å²) in [6.07, 6.45) is 0.632. The molecule has 182 valence electrons. The highest BCUT2D eigenvalue weighted by molar-refractivity contribution is 5.81. The number of benzene rings is 2. The number of hydrogen-bond acceptors (Lipinski definition) is 4. The SMILES string of the molecule is CCCC(CNC(=O)OCC1c2ccccc2-c2ccccc21)C(=O)N[C@H](CC(=O)O)C(C)C. The monoisotopic (exact) mass is 466 g/mol. The van der Waals surface area contributed by atoms with Gasteiger partial charge in [-0.3, -0.25) is 9.59 Å². The molecule has 3 N–H and O–H groups in total. The molecule has 0 spiro atoms. The van der Waals surface area contributed by atoms with Gasteiger partial charge in [0.15, 0.2) is 0 Å². The molecule has 2 amide bonds. The smallest absolute Gasteiger partial charge is 0.407 e. The Morgan fingerprint density at radius 2 is 1.59 bits per heavy atom. The largest absolute Gasteiger partial charge is 0.481 e. The summed E-state index contributed by atoms with van der Waals surface area (Å²) in [5, 5.41) is 14.7. The van der Waals surface area contributed by atoms with Crippen LogP contribution < -0.4 is 10.6 Å². The van der Waals surface area contributed by atoms with E-state index >= 15 is 0 Å². The highest BCUT2D eigenvalue weighted by Gasteiger charge is 2.29. The minimum atomic E-state index is -0.956. The molecule has 1 unspecified atom stereocenters. The first kappa shape index (κ1) is 25.3. The maximum atomic E-state index is 12.8. The number of alkyl carbamates (subject to hydrolysis) is 1. The Kier molecular flexibility index (Phi) is 8.68. The van der Waals surface area contributed by atoms with E-state index in [0.29, 0.717) is 6.42 Å². The molecule has 7 heteroatoms. The summed E-state index contributed by atoms with van der Waals surface area (Å²) in [6.45, 7) is 6.05. The Labute approximate surface area is 200 Å². The molecule has 0 radical (unpaired) electrons. The summed E-state index contributed by atoms with van der Waals surface area (Å²) < 4.78 is 5.56. The highest BCUT2D eigenvalue weighted by Crippen LogP contribution is 2.44. The summed E-state index contributed by atoms with van der Waals surface area (Å²) in [4.78, 5) is 36.4. The van der Waals surface area contributed by atoms with Crippen LogP contribution in [0, 0.1) is 11.8 Å². The van der Waals surface area contributed by atoms with E-state index in [4.69, 9.17) is 9.84 Å². The van der Waals surface area contributed by atoms with Gasteiger partial charge in [0.25, 0.3) is 0 Å². The number of aliphatic carboxylic acids is 1. The van der Waals surface area contributed by atoms with Gasteiger partial charge in [-0.25, -0.2) is 4.79 Å². The summed E-state index contributed by atoms with van der Waals surface area (Å²) in [5.74, 6) is -1.71. The number of rotatable bonds is 11. The van der Waals surface area contributed by atoms with Crippen LogP contribution in [0.15, 0.2) is 48.5 Å². The molecule has 0 heterocycles. The van der Waals surface area contributed by atoms with Crippen LogP contribution in [-0.2, 0) is 14.3 Å². The number of carbonyl (C=O) groups excluding carboxylic acids is 2. The Morgan fingerprint density at radius 3 is 2.12 bits per heavy atom. The normalized spacial score (nSPS) is 14.1. The molecule has 2 aromatic rings. The second-order valence-electron chi connectivity index (χ2n) is 9.15. The van der Waals surface area contributed by atoms with Crippen molar-refractivity contribution < 1.29 is 24.2 Å². The molecule has 34 heavy (non-hydrogen) atoms. The lowest BCUT2D eigenvalue weighted by Crippen LogP contribution is -2.46. The lowest BCUT2D eigenvalue weighted by Gasteiger charge is -2.24. The molecule has 0 saturated carbocycles. The van der Waals surface area contributed by atoms with Crippen LogP contribution in [0.5, 0.6) is 0 Å². The van der Waals surface area contributed by atoms with Crippen molar-refractivity contribution in [3.8, 4) is 11.1 Å². The third-order valence-corrected chi connectivity index (χ3v) is 6.37. The predicted molar refractivity (Wildman–Crippen MR) is 130 cm³/mol. The van der Waals surface area contributed by atoms with Gasteiger partial charge in [0, 0.05) is 18.5 Å². The number of ether oxygens (including phenoxy) is 1. The first-order chi connectivity index (χ1) is 16.3. The molecule has 1 aliphatic carbocycles. The van der Waals surface area contributed by atoms with Crippen LogP contribution >= 0.6 is 0 Å². The fourth-order valence-electron chi connectivity index (χ4n) is 4.47. The number of carbonyl (C=O) groups is 3. The second-order valence-corrected chi connectivity index (χ2v) is 9.15. The predicted octanol–water partition coefficient (Wildman–Crippen LogP) is 4.56. The molecule has 0 aromatic heterocycles. The average molecular weight is 467 g/mol. The Hall–Kier alpha value is -3.35. The van der Waals surface area contributed by atoms with Gasteiger partial charge in [-0.15, -0.1) is 0 Å². The van der Waals surface area contributed by atoms with E-state index in [1.54, 1.807) is 0 Å². The second kappa shape index (κ2) is 11.7. The van der Waals surface area contributed by atoms with Gasteiger partial charge < -0.3 is 20.5 Å². The van der Waals surface area contributed by atoms with E-state index in [1.807, 2.05) is 45.0 Å². The van der Waals surface area contributed by atoms with Crippen molar-refractivity contribution in [2.75, 3.05) is 13.2 Å². The van der Waals surface area contributed by atoms with Crippen molar-refractivity contribution >= 4 is 18.0 Å². The average Bonchev–Trinajstić information content (AvgIpc) is 3.13. The Balaban J connectivity index is 1.57. The number of nitrogens with one attached hydrogen (secondary N) is 2. The van der Waals surface area contributed by atoms with Crippen LogP contribution in [-0.4, -0.2) is 42.3 Å². The molecule has 0 bridgehead atoms. The van der Waals surface area contributed by atoms with E-state index in [2.05, 4.69) is 34.9 Å². The zero-order valence-electron chi connectivity index (χ0n) is 20.0. The van der Waals surface area contributed by atoms with Crippen LogP contribution in [0.3, 0.4) is 0 Å². The first-order valence-electron chi connectivity index (χ1n) is 11.9. The number of fused-ring (bicyclic) bond motifs is 3. The van der Waals surface area contributed by atoms with Crippen molar-refractivity contribution in [1.82, 2.24) is 10.6 Å². The highest BCUT2D eigenvalue weighted by atomic mass is 16.5. The topological polar surface area (TPSA) is 105 Å². The lowest BCUT2D eigenvalue weighted by atomic mass is 9.97. The van der Waals surface area contributed by atoms with E-state index < -0.39 is 24.0 Å². The third-order valence-electron chi connectivity index (χ3n) is 6.37. The summed E-state index contributed by atoms with van der Waals surface area (Å²) >= 11 is 0. The number of carboxylic acid groups (broad SMARTS) is 1. The van der Waals surface area contributed by atoms with Gasteiger partial charge in [-0.1, -0.05) is 75.7 Å². The first-order valence-corrected chi connectivity index (χ1v) is 11.9. The van der Waals surface area contributed by atoms with E-state index in [0.717, 1.165) is 28.7 Å². The standard InChI is InChI=1S/C27H34N2O5/c1-4-9-18(26(32)29-24(17(2)3)14-25(30)31)15-28-27(33)34-16-23-21-12-7-5-10-19(21)20-11-6-8-13-22(20)23/h5-8,10-13,17-18,23-24H,4,9,14-16H2,1-3H3,(H,28,33)(H,29,32)(H,30,31)/t18?,24-/m1/s1. The summed E-state index contributed by atoms with van der Waals surface area (Å²) in [6, 6.07) is 15.8. The molecular formula is C27H34N2O5. The van der Waals surface area contributed by atoms with Crippen LogP contribution in [0.4, 0.5) is 4.79 Å². The van der Waals surface area contributed by atoms with Crippen molar-refractivity contribution in [2.24, 2.45) is 11.8 Å². The Bertz CT molecular complexity index is 974. The van der Waals surface area contributed by atoms with Crippen molar-refractivity contribution in [1.29, 1.82) is 0 Å². The fourth-order valence-corrected chi connectivity index (χ4v) is 4.47. The van der Waals surface area contributed by atoms with Gasteiger partial charge in [0.2, 0.25) is 5.91 Å². The number of amides is 2. The van der Waals surface area contributed by atoms with Crippen LogP contribution in [0.2, 0.25) is 0 Å². The van der Waals surface area contributed by atoms with Gasteiger partial charge in [-0.2, -0.15) is 0 Å². The molecular weight excluding hydrogens is 432 g/mol. The zero-order valence-corrected chi connectivity index (χ0v) is 20.0. The van der Waals surface area contributed by atoms with E-state index in [-0.39, 0.29) is 37.3 Å². The summed E-state index contributed by atoms with van der Waals surface area (Å²) in [7, 11) is 0. The number of carboxylic acids is 1. The molecule has 2 atom stereocenters. The van der Waals surface area contributed by atoms with Gasteiger partial charge in [-0.05, 0) is 34.6 Å². The minimum absolute atomic E-state index is 0.0163. The quantitative estimate of drug-likeness (QED) is 0.450. The fraction of sp³-hybridized carbons (Fsp3) is 0.444. The third kappa shape index (κ3) is 6.16. The van der Waals surface area contributed by atoms with E-state index in [1.165, 1.54) is 0 Å². The maximum Gasteiger partial charge on any atom is 0.407 e. The minimum Gasteiger partial charge on any atom is -0.481 e. The van der Waals surface area contributed by atoms with Crippen molar-refractivity contribution in [3.63, 3.8) is 0 Å².